The van der Waals surface area contributed by atoms with Crippen molar-refractivity contribution in [3.63, 3.8) is 0 Å². The molecule has 5 aromatic rings. The van der Waals surface area contributed by atoms with Gasteiger partial charge >= 0.3 is 0 Å². The highest BCUT2D eigenvalue weighted by Gasteiger charge is 2.25. The Bertz CT molecular complexity index is 1490. The first-order chi connectivity index (χ1) is 17.7. The molecule has 0 spiro atoms. The van der Waals surface area contributed by atoms with Crippen molar-refractivity contribution < 1.29 is 13.9 Å². The minimum absolute atomic E-state index is 0.178. The molecule has 1 saturated carbocycles. The third-order valence-corrected chi connectivity index (χ3v) is 6.68. The van der Waals surface area contributed by atoms with E-state index < -0.39 is 5.82 Å². The lowest BCUT2D eigenvalue weighted by Crippen LogP contribution is -2.12. The number of hydrogen-bond acceptors (Lipinski definition) is 7. The second kappa shape index (κ2) is 9.37. The summed E-state index contributed by atoms with van der Waals surface area (Å²) in [6, 6.07) is 12.3. The van der Waals surface area contributed by atoms with Crippen molar-refractivity contribution in [2.24, 2.45) is 0 Å². The fourth-order valence-electron chi connectivity index (χ4n) is 4.93. The summed E-state index contributed by atoms with van der Waals surface area (Å²) in [6.45, 7) is 0. The summed E-state index contributed by atoms with van der Waals surface area (Å²) in [5.74, 6) is 1.63. The highest BCUT2D eigenvalue weighted by Crippen LogP contribution is 2.39. The molecule has 3 heterocycles. The van der Waals surface area contributed by atoms with Crippen molar-refractivity contribution in [1.29, 1.82) is 0 Å². The van der Waals surface area contributed by atoms with Crippen LogP contribution in [0, 0.1) is 5.82 Å². The van der Waals surface area contributed by atoms with E-state index in [0.717, 1.165) is 40.9 Å². The highest BCUT2D eigenvalue weighted by molar-refractivity contribution is 5.75. The Balaban J connectivity index is 1.37. The van der Waals surface area contributed by atoms with Gasteiger partial charge in [0.2, 0.25) is 0 Å². The van der Waals surface area contributed by atoms with E-state index in [1.807, 2.05) is 35.0 Å². The number of aromatic nitrogens is 7. The Morgan fingerprint density at radius 3 is 2.50 bits per heavy atom. The second-order valence-corrected chi connectivity index (χ2v) is 8.86. The molecule has 182 valence electrons. The van der Waals surface area contributed by atoms with Crippen molar-refractivity contribution >= 4 is 5.65 Å². The van der Waals surface area contributed by atoms with Crippen LogP contribution in [0.5, 0.6) is 17.2 Å². The Kier molecular flexibility index (Phi) is 5.76. The first-order valence-electron chi connectivity index (χ1n) is 11.9. The van der Waals surface area contributed by atoms with Crippen LogP contribution < -0.4 is 9.47 Å². The van der Waals surface area contributed by atoms with Crippen molar-refractivity contribution in [2.75, 3.05) is 7.11 Å². The average molecular weight is 486 g/mol. The van der Waals surface area contributed by atoms with Crippen molar-refractivity contribution in [3.05, 3.63) is 66.4 Å². The maximum Gasteiger partial charge on any atom is 0.184 e. The quantitative estimate of drug-likeness (QED) is 0.336. The van der Waals surface area contributed by atoms with Crippen LogP contribution in [0.25, 0.3) is 28.2 Å². The zero-order valence-electron chi connectivity index (χ0n) is 19.7. The predicted molar refractivity (Wildman–Crippen MR) is 130 cm³/mol. The standard InChI is InChI=1S/C26H24FN7O2/c1-35-23-12-11-19(13-22(23)27)36-18-9-7-16(8-10-18)20-14-28-26-21(25-30-32-33-31-25)15-29-34(26)24(20)17-5-3-2-4-6-17/h7-15,17H,2-6H2,1H3,(H,30,31,32,33). The lowest BCUT2D eigenvalue weighted by Gasteiger charge is -2.25. The van der Waals surface area contributed by atoms with Gasteiger partial charge in [-0.05, 0) is 53.1 Å². The Hall–Kier alpha value is -4.34. The number of rotatable bonds is 6. The Morgan fingerprint density at radius 1 is 0.972 bits per heavy atom. The fourth-order valence-corrected chi connectivity index (χ4v) is 4.93. The molecule has 36 heavy (non-hydrogen) atoms. The number of hydrogen-bond donors (Lipinski definition) is 1. The molecule has 1 fully saturated rings. The lowest BCUT2D eigenvalue weighted by molar-refractivity contribution is 0.383. The number of methoxy groups -OCH3 is 1. The minimum atomic E-state index is -0.470. The molecule has 0 saturated heterocycles. The van der Waals surface area contributed by atoms with Gasteiger partial charge in [-0.15, -0.1) is 5.10 Å². The van der Waals surface area contributed by atoms with Crippen molar-refractivity contribution in [3.8, 4) is 39.8 Å². The number of halogens is 1. The van der Waals surface area contributed by atoms with Crippen LogP contribution in [-0.4, -0.2) is 42.3 Å². The molecule has 1 aliphatic carbocycles. The molecule has 0 unspecified atom stereocenters. The number of nitrogens with one attached hydrogen (secondary N) is 1. The van der Waals surface area contributed by atoms with Crippen LogP contribution in [0.3, 0.4) is 0 Å². The number of fused-ring (bicyclic) bond motifs is 1. The third kappa shape index (κ3) is 4.04. The SMILES string of the molecule is COc1ccc(Oc2ccc(-c3cnc4c(-c5nnn[nH]5)cnn4c3C3CCCCC3)cc2)cc1F. The highest BCUT2D eigenvalue weighted by atomic mass is 19.1. The van der Waals surface area contributed by atoms with E-state index in [4.69, 9.17) is 19.6 Å². The largest absolute Gasteiger partial charge is 0.494 e. The van der Waals surface area contributed by atoms with Crippen LogP contribution in [0.4, 0.5) is 4.39 Å². The van der Waals surface area contributed by atoms with Crippen molar-refractivity contribution in [1.82, 2.24) is 35.2 Å². The predicted octanol–water partition coefficient (Wildman–Crippen LogP) is 5.56. The summed E-state index contributed by atoms with van der Waals surface area (Å²) in [5, 5.41) is 18.9. The number of aromatic amines is 1. The summed E-state index contributed by atoms with van der Waals surface area (Å²) >= 11 is 0. The van der Waals surface area contributed by atoms with E-state index in [0.29, 0.717) is 23.2 Å². The van der Waals surface area contributed by atoms with E-state index in [-0.39, 0.29) is 5.75 Å². The molecular formula is C26H24FN7O2. The summed E-state index contributed by atoms with van der Waals surface area (Å²) < 4.78 is 26.8. The summed E-state index contributed by atoms with van der Waals surface area (Å²) in [4.78, 5) is 4.75. The van der Waals surface area contributed by atoms with E-state index in [1.54, 1.807) is 18.3 Å². The van der Waals surface area contributed by atoms with Crippen molar-refractivity contribution in [2.45, 2.75) is 38.0 Å². The number of ether oxygens (including phenoxy) is 2. The Labute approximate surface area is 206 Å². The molecule has 3 aromatic heterocycles. The molecule has 10 heteroatoms. The van der Waals surface area contributed by atoms with Crippen LogP contribution >= 0.6 is 0 Å². The summed E-state index contributed by atoms with van der Waals surface area (Å²) in [6.07, 6.45) is 9.52. The smallest absolute Gasteiger partial charge is 0.184 e. The zero-order valence-corrected chi connectivity index (χ0v) is 19.7. The molecule has 0 amide bonds. The molecule has 0 radical (unpaired) electrons. The van der Waals surface area contributed by atoms with Gasteiger partial charge < -0.3 is 9.47 Å². The normalized spacial score (nSPS) is 14.3. The topological polar surface area (TPSA) is 103 Å². The second-order valence-electron chi connectivity index (χ2n) is 8.86. The lowest BCUT2D eigenvalue weighted by atomic mass is 9.84. The summed E-state index contributed by atoms with van der Waals surface area (Å²) in [5.41, 5.74) is 4.67. The number of tetrazole rings is 1. The molecular weight excluding hydrogens is 461 g/mol. The van der Waals surface area contributed by atoms with Crippen LogP contribution in [0.2, 0.25) is 0 Å². The first kappa shape index (κ1) is 22.1. The molecule has 6 rings (SSSR count). The molecule has 1 aliphatic rings. The molecule has 0 bridgehead atoms. The molecule has 0 aliphatic heterocycles. The fraction of sp³-hybridized carbons (Fsp3) is 0.269. The monoisotopic (exact) mass is 485 g/mol. The van der Waals surface area contributed by atoms with Gasteiger partial charge in [-0.3, -0.25) is 0 Å². The van der Waals surface area contributed by atoms with Gasteiger partial charge in [0, 0.05) is 23.7 Å². The van der Waals surface area contributed by atoms with Gasteiger partial charge in [-0.2, -0.15) is 5.10 Å². The third-order valence-electron chi connectivity index (χ3n) is 6.68. The van der Waals surface area contributed by atoms with Gasteiger partial charge in [0.15, 0.2) is 23.0 Å². The molecule has 9 nitrogen and oxygen atoms in total. The van der Waals surface area contributed by atoms with Crippen LogP contribution in [-0.2, 0) is 0 Å². The van der Waals surface area contributed by atoms with Crippen LogP contribution in [0.1, 0.15) is 43.7 Å². The first-order valence-corrected chi connectivity index (χ1v) is 11.9. The Morgan fingerprint density at radius 2 is 1.78 bits per heavy atom. The number of benzene rings is 2. The van der Waals surface area contributed by atoms with Gasteiger partial charge in [0.1, 0.15) is 11.5 Å². The maximum atomic E-state index is 14.0. The van der Waals surface area contributed by atoms with E-state index in [2.05, 4.69) is 20.6 Å². The van der Waals surface area contributed by atoms with Gasteiger partial charge in [-0.1, -0.05) is 31.4 Å². The van der Waals surface area contributed by atoms with E-state index >= 15 is 0 Å². The number of nitrogens with zero attached hydrogens (tertiary/aromatic N) is 6. The van der Waals surface area contributed by atoms with E-state index in [9.17, 15) is 4.39 Å². The maximum absolute atomic E-state index is 14.0. The van der Waals surface area contributed by atoms with Gasteiger partial charge in [0.05, 0.1) is 24.6 Å². The van der Waals surface area contributed by atoms with Gasteiger partial charge in [-0.25, -0.2) is 19.0 Å². The molecule has 0 atom stereocenters. The molecule has 2 aromatic carbocycles. The van der Waals surface area contributed by atoms with Gasteiger partial charge in [0.25, 0.3) is 0 Å². The molecule has 1 N–H and O–H groups in total. The van der Waals surface area contributed by atoms with E-state index in [1.165, 1.54) is 32.4 Å². The average Bonchev–Trinajstić information content (AvgIpc) is 3.59. The summed E-state index contributed by atoms with van der Waals surface area (Å²) in [7, 11) is 1.43. The van der Waals surface area contributed by atoms with Crippen LogP contribution in [0.15, 0.2) is 54.9 Å². The number of H-pyrrole nitrogens is 1. The zero-order chi connectivity index (χ0) is 24.5. The minimum Gasteiger partial charge on any atom is -0.494 e.